The maximum atomic E-state index is 12.3. The number of hydrogen-bond donors (Lipinski definition) is 2. The van der Waals surface area contributed by atoms with E-state index in [0.717, 1.165) is 16.8 Å². The first-order valence-corrected chi connectivity index (χ1v) is 9.73. The van der Waals surface area contributed by atoms with E-state index in [4.69, 9.17) is 4.74 Å². The van der Waals surface area contributed by atoms with Crippen LogP contribution >= 0.6 is 0 Å². The lowest BCUT2D eigenvalue weighted by Crippen LogP contribution is -2.19. The highest BCUT2D eigenvalue weighted by molar-refractivity contribution is 6.00. The minimum Gasteiger partial charge on any atom is -0.439 e. The lowest BCUT2D eigenvalue weighted by atomic mass is 10.1. The van der Waals surface area contributed by atoms with E-state index in [1.807, 2.05) is 32.0 Å². The topological polar surface area (TPSA) is 94.0 Å². The SMILES string of the molecule is Cc1ccc(NC(=O)Nc2ccc(Oc3cc(-n4ccnc4)nc(C)n3)cc2)c(C)c1. The molecule has 0 radical (unpaired) electrons. The molecule has 0 aliphatic carbocycles. The van der Waals surface area contributed by atoms with Gasteiger partial charge < -0.3 is 15.4 Å². The molecule has 0 spiro atoms. The number of aryl methyl sites for hydroxylation is 3. The van der Waals surface area contributed by atoms with Crippen molar-refractivity contribution in [2.75, 3.05) is 10.6 Å². The van der Waals surface area contributed by atoms with Crippen LogP contribution in [0.3, 0.4) is 0 Å². The number of ether oxygens (including phenoxy) is 1. The number of amides is 2. The van der Waals surface area contributed by atoms with Crippen molar-refractivity contribution in [1.29, 1.82) is 0 Å². The molecule has 2 aromatic heterocycles. The second-order valence-electron chi connectivity index (χ2n) is 7.11. The van der Waals surface area contributed by atoms with Gasteiger partial charge in [0, 0.05) is 29.8 Å². The fourth-order valence-corrected chi connectivity index (χ4v) is 3.07. The monoisotopic (exact) mass is 414 g/mol. The number of carbonyl (C=O) groups excluding carboxylic acids is 1. The van der Waals surface area contributed by atoms with Gasteiger partial charge in [-0.05, 0) is 56.7 Å². The fraction of sp³-hybridized carbons (Fsp3) is 0.130. The fourth-order valence-electron chi connectivity index (χ4n) is 3.07. The van der Waals surface area contributed by atoms with Crippen LogP contribution < -0.4 is 15.4 Å². The van der Waals surface area contributed by atoms with Gasteiger partial charge in [-0.15, -0.1) is 0 Å². The van der Waals surface area contributed by atoms with Crippen molar-refractivity contribution in [3.05, 3.63) is 84.2 Å². The predicted octanol–water partition coefficient (Wildman–Crippen LogP) is 5.02. The zero-order valence-electron chi connectivity index (χ0n) is 17.5. The molecule has 8 nitrogen and oxygen atoms in total. The molecule has 8 heteroatoms. The van der Waals surface area contributed by atoms with Crippen molar-refractivity contribution < 1.29 is 9.53 Å². The molecular weight excluding hydrogens is 392 g/mol. The predicted molar refractivity (Wildman–Crippen MR) is 119 cm³/mol. The number of aromatic nitrogens is 4. The number of rotatable bonds is 5. The summed E-state index contributed by atoms with van der Waals surface area (Å²) in [5.74, 6) is 2.27. The van der Waals surface area contributed by atoms with Crippen molar-refractivity contribution in [3.8, 4) is 17.4 Å². The minimum atomic E-state index is -0.308. The normalized spacial score (nSPS) is 10.5. The summed E-state index contributed by atoms with van der Waals surface area (Å²) in [6.07, 6.45) is 5.14. The average molecular weight is 414 g/mol. The second kappa shape index (κ2) is 8.66. The van der Waals surface area contributed by atoms with Crippen molar-refractivity contribution in [1.82, 2.24) is 19.5 Å². The van der Waals surface area contributed by atoms with Crippen LogP contribution in [-0.2, 0) is 0 Å². The summed E-state index contributed by atoms with van der Waals surface area (Å²) in [4.78, 5) is 25.0. The highest BCUT2D eigenvalue weighted by atomic mass is 16.5. The highest BCUT2D eigenvalue weighted by Gasteiger charge is 2.08. The van der Waals surface area contributed by atoms with E-state index in [9.17, 15) is 4.79 Å². The van der Waals surface area contributed by atoms with Crippen LogP contribution in [0.2, 0.25) is 0 Å². The number of anilines is 2. The third-order valence-electron chi connectivity index (χ3n) is 4.53. The lowest BCUT2D eigenvalue weighted by Gasteiger charge is -2.11. The quantitative estimate of drug-likeness (QED) is 0.478. The van der Waals surface area contributed by atoms with Gasteiger partial charge in [0.05, 0.1) is 0 Å². The summed E-state index contributed by atoms with van der Waals surface area (Å²) in [6.45, 7) is 5.78. The Morgan fingerprint density at radius 3 is 2.48 bits per heavy atom. The number of imidazole rings is 1. The summed E-state index contributed by atoms with van der Waals surface area (Å²) < 4.78 is 7.65. The molecular formula is C23H22N6O2. The molecule has 0 saturated carbocycles. The third-order valence-corrected chi connectivity index (χ3v) is 4.53. The molecule has 0 aliphatic rings. The number of benzene rings is 2. The Morgan fingerprint density at radius 2 is 1.77 bits per heavy atom. The summed E-state index contributed by atoms with van der Waals surface area (Å²) in [7, 11) is 0. The van der Waals surface area contributed by atoms with Gasteiger partial charge in [0.2, 0.25) is 5.88 Å². The maximum Gasteiger partial charge on any atom is 0.323 e. The van der Waals surface area contributed by atoms with Crippen molar-refractivity contribution in [2.24, 2.45) is 0 Å². The van der Waals surface area contributed by atoms with Crippen LogP contribution in [0, 0.1) is 20.8 Å². The molecule has 4 aromatic rings. The molecule has 156 valence electrons. The minimum absolute atomic E-state index is 0.308. The van der Waals surface area contributed by atoms with E-state index in [1.165, 1.54) is 0 Å². The van der Waals surface area contributed by atoms with Crippen molar-refractivity contribution in [3.63, 3.8) is 0 Å². The number of nitrogens with one attached hydrogen (secondary N) is 2. The van der Waals surface area contributed by atoms with Crippen molar-refractivity contribution in [2.45, 2.75) is 20.8 Å². The van der Waals surface area contributed by atoms with Crippen LogP contribution in [0.25, 0.3) is 5.82 Å². The molecule has 31 heavy (non-hydrogen) atoms. The van der Waals surface area contributed by atoms with Crippen LogP contribution in [0.5, 0.6) is 11.6 Å². The first kappa shape index (κ1) is 20.1. The number of hydrogen-bond acceptors (Lipinski definition) is 5. The summed E-state index contributed by atoms with van der Waals surface area (Å²) >= 11 is 0. The van der Waals surface area contributed by atoms with Gasteiger partial charge in [-0.3, -0.25) is 4.57 Å². The average Bonchev–Trinajstić information content (AvgIpc) is 3.26. The van der Waals surface area contributed by atoms with Gasteiger partial charge in [0.15, 0.2) is 0 Å². The summed E-state index contributed by atoms with van der Waals surface area (Å²) in [6, 6.07) is 14.4. The van der Waals surface area contributed by atoms with Gasteiger partial charge in [-0.2, -0.15) is 4.98 Å². The van der Waals surface area contributed by atoms with Gasteiger partial charge in [-0.1, -0.05) is 17.7 Å². The standard InChI is InChI=1S/C23H22N6O2/c1-15-4-9-20(16(2)12-15)28-23(30)27-18-5-7-19(8-6-18)31-22-13-21(25-17(3)26-22)29-11-10-24-14-29/h4-14H,1-3H3,(H2,27,28,30). The molecule has 0 atom stereocenters. The van der Waals surface area contributed by atoms with E-state index >= 15 is 0 Å². The zero-order chi connectivity index (χ0) is 21.8. The maximum absolute atomic E-state index is 12.3. The van der Waals surface area contributed by atoms with Crippen molar-refractivity contribution >= 4 is 17.4 Å². The van der Waals surface area contributed by atoms with E-state index in [1.54, 1.807) is 60.5 Å². The van der Waals surface area contributed by atoms with Gasteiger partial charge in [0.25, 0.3) is 0 Å². The van der Waals surface area contributed by atoms with Crippen LogP contribution in [0.15, 0.2) is 67.3 Å². The Labute approximate surface area is 180 Å². The first-order valence-electron chi connectivity index (χ1n) is 9.73. The molecule has 2 aromatic carbocycles. The smallest absolute Gasteiger partial charge is 0.323 e. The van der Waals surface area contributed by atoms with Gasteiger partial charge >= 0.3 is 6.03 Å². The molecule has 0 fully saturated rings. The van der Waals surface area contributed by atoms with E-state index in [-0.39, 0.29) is 6.03 Å². The molecule has 0 saturated heterocycles. The molecule has 0 unspecified atom stereocenters. The van der Waals surface area contributed by atoms with Crippen LogP contribution in [0.4, 0.5) is 16.2 Å². The number of urea groups is 1. The number of nitrogens with zero attached hydrogens (tertiary/aromatic N) is 4. The van der Waals surface area contributed by atoms with Gasteiger partial charge in [0.1, 0.15) is 23.7 Å². The van der Waals surface area contributed by atoms with E-state index in [0.29, 0.717) is 29.0 Å². The molecule has 0 aliphatic heterocycles. The first-order chi connectivity index (χ1) is 15.0. The highest BCUT2D eigenvalue weighted by Crippen LogP contribution is 2.23. The summed E-state index contributed by atoms with van der Waals surface area (Å²) in [5, 5.41) is 5.68. The molecule has 4 rings (SSSR count). The lowest BCUT2D eigenvalue weighted by molar-refractivity contribution is 0.262. The van der Waals surface area contributed by atoms with Crippen LogP contribution in [0.1, 0.15) is 17.0 Å². The van der Waals surface area contributed by atoms with E-state index in [2.05, 4.69) is 25.6 Å². The molecule has 2 N–H and O–H groups in total. The molecule has 2 heterocycles. The number of carbonyl (C=O) groups is 1. The Hall–Kier alpha value is -4.20. The van der Waals surface area contributed by atoms with Gasteiger partial charge in [-0.25, -0.2) is 14.8 Å². The second-order valence-corrected chi connectivity index (χ2v) is 7.11. The molecule has 0 bridgehead atoms. The van der Waals surface area contributed by atoms with Crippen LogP contribution in [-0.4, -0.2) is 25.6 Å². The Morgan fingerprint density at radius 1 is 0.968 bits per heavy atom. The Balaban J connectivity index is 1.41. The Kier molecular flexibility index (Phi) is 5.61. The zero-order valence-corrected chi connectivity index (χ0v) is 17.5. The summed E-state index contributed by atoms with van der Waals surface area (Å²) in [5.41, 5.74) is 3.58. The largest absolute Gasteiger partial charge is 0.439 e. The van der Waals surface area contributed by atoms with E-state index < -0.39 is 0 Å². The Bertz CT molecular complexity index is 1200. The third kappa shape index (κ3) is 5.05. The molecule has 2 amide bonds.